The van der Waals surface area contributed by atoms with Gasteiger partial charge in [-0.1, -0.05) is 0 Å². The van der Waals surface area contributed by atoms with Gasteiger partial charge >= 0.3 is 0 Å². The molecule has 1 fully saturated rings. The summed E-state index contributed by atoms with van der Waals surface area (Å²) < 4.78 is 5.09. The number of nitro benzene ring substituents is 1. The Bertz CT molecular complexity index is 846. The van der Waals surface area contributed by atoms with Crippen LogP contribution in [0.2, 0.25) is 0 Å². The highest BCUT2D eigenvalue weighted by molar-refractivity contribution is 6.05. The molecule has 2 aromatic carbocycles. The first-order valence-corrected chi connectivity index (χ1v) is 9.34. The van der Waals surface area contributed by atoms with E-state index in [1.807, 2.05) is 4.90 Å². The molecule has 8 nitrogen and oxygen atoms in total. The van der Waals surface area contributed by atoms with Gasteiger partial charge in [-0.25, -0.2) is 0 Å². The predicted molar refractivity (Wildman–Crippen MR) is 107 cm³/mol. The van der Waals surface area contributed by atoms with Crippen LogP contribution in [0.15, 0.2) is 42.5 Å². The van der Waals surface area contributed by atoms with Crippen molar-refractivity contribution < 1.29 is 19.4 Å². The van der Waals surface area contributed by atoms with Crippen LogP contribution in [0.5, 0.6) is 5.75 Å². The smallest absolute Gasteiger partial charge is 0.293 e. The highest BCUT2D eigenvalue weighted by atomic mass is 16.6. The molecule has 2 N–H and O–H groups in total. The van der Waals surface area contributed by atoms with Crippen LogP contribution in [0.1, 0.15) is 17.3 Å². The Kier molecular flexibility index (Phi) is 6.10. The van der Waals surface area contributed by atoms with Gasteiger partial charge in [-0.15, -0.1) is 0 Å². The van der Waals surface area contributed by atoms with Gasteiger partial charge in [0.25, 0.3) is 11.6 Å². The minimum absolute atomic E-state index is 0.0395. The average Bonchev–Trinajstić information content (AvgIpc) is 2.74. The molecular formula is C20H25N4O4+. The Morgan fingerprint density at radius 1 is 1.21 bits per heavy atom. The minimum atomic E-state index is -0.418. The molecule has 8 heteroatoms. The van der Waals surface area contributed by atoms with Crippen molar-refractivity contribution in [3.63, 3.8) is 0 Å². The van der Waals surface area contributed by atoms with Gasteiger partial charge in [-0.05, 0) is 43.3 Å². The summed E-state index contributed by atoms with van der Waals surface area (Å²) in [5, 5.41) is 14.4. The van der Waals surface area contributed by atoms with Crippen molar-refractivity contribution in [2.75, 3.05) is 50.1 Å². The molecule has 0 radical (unpaired) electrons. The predicted octanol–water partition coefficient (Wildman–Crippen LogP) is 1.58. The number of nitro groups is 1. The fourth-order valence-electron chi connectivity index (χ4n) is 3.37. The van der Waals surface area contributed by atoms with Crippen molar-refractivity contribution >= 4 is 23.0 Å². The number of piperazine rings is 1. The lowest BCUT2D eigenvalue weighted by Crippen LogP contribution is -3.14. The Labute approximate surface area is 163 Å². The van der Waals surface area contributed by atoms with Crippen LogP contribution in [0.25, 0.3) is 0 Å². The molecule has 0 aliphatic carbocycles. The molecule has 0 atom stereocenters. The fourth-order valence-corrected chi connectivity index (χ4v) is 3.37. The summed E-state index contributed by atoms with van der Waals surface area (Å²) in [6.07, 6.45) is 0. The number of likely N-dealkylation sites (N-methyl/N-ethyl adjacent to an activating group) is 1. The van der Waals surface area contributed by atoms with Gasteiger partial charge in [0.15, 0.2) is 0 Å². The third-order valence-electron chi connectivity index (χ3n) is 5.09. The first-order chi connectivity index (χ1) is 13.5. The molecule has 1 amide bonds. The second kappa shape index (κ2) is 8.71. The molecule has 148 valence electrons. The van der Waals surface area contributed by atoms with Gasteiger partial charge in [-0.3, -0.25) is 14.9 Å². The zero-order chi connectivity index (χ0) is 20.1. The summed E-state index contributed by atoms with van der Waals surface area (Å²) in [5.74, 6) is 0.295. The lowest BCUT2D eigenvalue weighted by atomic mass is 10.1. The van der Waals surface area contributed by atoms with E-state index in [9.17, 15) is 14.9 Å². The molecule has 3 rings (SSSR count). The topological polar surface area (TPSA) is 89.2 Å². The third kappa shape index (κ3) is 4.40. The van der Waals surface area contributed by atoms with E-state index in [2.05, 4.69) is 12.2 Å². The van der Waals surface area contributed by atoms with E-state index in [1.54, 1.807) is 43.5 Å². The van der Waals surface area contributed by atoms with Crippen molar-refractivity contribution in [1.29, 1.82) is 0 Å². The van der Waals surface area contributed by atoms with Crippen LogP contribution < -0.4 is 19.9 Å². The van der Waals surface area contributed by atoms with Gasteiger partial charge in [-0.2, -0.15) is 0 Å². The minimum Gasteiger partial charge on any atom is -0.497 e. The second-order valence-corrected chi connectivity index (χ2v) is 6.73. The Hall–Kier alpha value is -3.13. The standard InChI is InChI=1S/C20H24N4O4/c1-3-22-10-12-23(13-11-22)18-9-4-15(14-19(18)24(26)27)20(25)21-16-5-7-17(28-2)8-6-16/h4-9,14H,3,10-13H2,1-2H3,(H,21,25)/p+1. The van der Waals surface area contributed by atoms with Crippen LogP contribution in [0, 0.1) is 10.1 Å². The van der Waals surface area contributed by atoms with Crippen molar-refractivity contribution in [3.8, 4) is 5.75 Å². The molecule has 2 aromatic rings. The quantitative estimate of drug-likeness (QED) is 0.582. The lowest BCUT2D eigenvalue weighted by Gasteiger charge is -2.32. The molecule has 0 aromatic heterocycles. The summed E-state index contributed by atoms with van der Waals surface area (Å²) >= 11 is 0. The maximum absolute atomic E-state index is 12.5. The molecule has 1 heterocycles. The number of anilines is 2. The van der Waals surface area contributed by atoms with Crippen LogP contribution in [0.4, 0.5) is 17.1 Å². The summed E-state index contributed by atoms with van der Waals surface area (Å²) in [6, 6.07) is 11.6. The number of nitrogens with one attached hydrogen (secondary N) is 2. The summed E-state index contributed by atoms with van der Waals surface area (Å²) in [7, 11) is 1.57. The van der Waals surface area contributed by atoms with E-state index < -0.39 is 4.92 Å². The number of rotatable bonds is 6. The molecule has 28 heavy (non-hydrogen) atoms. The molecule has 1 aliphatic heterocycles. The van der Waals surface area contributed by atoms with Crippen LogP contribution in [-0.2, 0) is 0 Å². The van der Waals surface area contributed by atoms with Crippen molar-refractivity contribution in [2.24, 2.45) is 0 Å². The number of ether oxygens (including phenoxy) is 1. The maximum atomic E-state index is 12.5. The lowest BCUT2D eigenvalue weighted by molar-refractivity contribution is -0.898. The molecule has 0 saturated carbocycles. The van der Waals surface area contributed by atoms with Gasteiger partial charge < -0.3 is 19.9 Å². The van der Waals surface area contributed by atoms with Crippen LogP contribution >= 0.6 is 0 Å². The van der Waals surface area contributed by atoms with E-state index in [0.717, 1.165) is 32.7 Å². The molecule has 0 unspecified atom stereocenters. The molecule has 0 spiro atoms. The van der Waals surface area contributed by atoms with Gasteiger partial charge in [0.1, 0.15) is 11.4 Å². The first-order valence-electron chi connectivity index (χ1n) is 9.34. The van der Waals surface area contributed by atoms with E-state index >= 15 is 0 Å². The number of quaternary nitrogens is 1. The number of nitrogens with zero attached hydrogens (tertiary/aromatic N) is 2. The molecule has 1 aliphatic rings. The fraction of sp³-hybridized carbons (Fsp3) is 0.350. The maximum Gasteiger partial charge on any atom is 0.293 e. The van der Waals surface area contributed by atoms with Crippen LogP contribution in [0.3, 0.4) is 0 Å². The highest BCUT2D eigenvalue weighted by Crippen LogP contribution is 2.29. The van der Waals surface area contributed by atoms with Crippen molar-refractivity contribution in [2.45, 2.75) is 6.92 Å². The number of methoxy groups -OCH3 is 1. The first kappa shape index (κ1) is 19.6. The van der Waals surface area contributed by atoms with Gasteiger partial charge in [0.2, 0.25) is 0 Å². The normalized spacial score (nSPS) is 14.6. The Morgan fingerprint density at radius 3 is 2.46 bits per heavy atom. The van der Waals surface area contributed by atoms with Crippen molar-refractivity contribution in [3.05, 3.63) is 58.1 Å². The number of hydrogen-bond donors (Lipinski definition) is 2. The average molecular weight is 385 g/mol. The molecule has 1 saturated heterocycles. The second-order valence-electron chi connectivity index (χ2n) is 6.73. The molecular weight excluding hydrogens is 360 g/mol. The number of carbonyl (C=O) groups is 1. The Morgan fingerprint density at radius 2 is 1.89 bits per heavy atom. The van der Waals surface area contributed by atoms with E-state index in [-0.39, 0.29) is 17.2 Å². The number of hydrogen-bond acceptors (Lipinski definition) is 5. The van der Waals surface area contributed by atoms with Gasteiger partial charge in [0, 0.05) is 17.3 Å². The summed E-state index contributed by atoms with van der Waals surface area (Å²) in [6.45, 7) is 6.63. The van der Waals surface area contributed by atoms with Crippen molar-refractivity contribution in [1.82, 2.24) is 0 Å². The number of carbonyl (C=O) groups excluding carboxylic acids is 1. The highest BCUT2D eigenvalue weighted by Gasteiger charge is 2.26. The molecule has 0 bridgehead atoms. The number of amides is 1. The zero-order valence-electron chi connectivity index (χ0n) is 16.1. The number of benzene rings is 2. The van der Waals surface area contributed by atoms with Crippen LogP contribution in [-0.4, -0.2) is 50.7 Å². The SMILES string of the molecule is CC[NH+]1CCN(c2ccc(C(=O)Nc3ccc(OC)cc3)cc2[N+](=O)[O-])CC1. The summed E-state index contributed by atoms with van der Waals surface area (Å²) in [4.78, 5) is 27.3. The summed E-state index contributed by atoms with van der Waals surface area (Å²) in [5.41, 5.74) is 1.38. The Balaban J connectivity index is 1.78. The monoisotopic (exact) mass is 385 g/mol. The van der Waals surface area contributed by atoms with Gasteiger partial charge in [0.05, 0.1) is 44.8 Å². The zero-order valence-corrected chi connectivity index (χ0v) is 16.1. The van der Waals surface area contributed by atoms with E-state index in [0.29, 0.717) is 17.1 Å². The third-order valence-corrected chi connectivity index (χ3v) is 5.09. The largest absolute Gasteiger partial charge is 0.497 e. The van der Waals surface area contributed by atoms with E-state index in [4.69, 9.17) is 4.74 Å². The van der Waals surface area contributed by atoms with E-state index in [1.165, 1.54) is 11.0 Å².